The molecule has 1 fully saturated rings. The minimum Gasteiger partial charge on any atom is -0.355 e. The molecule has 1 saturated heterocycles. The van der Waals surface area contributed by atoms with Gasteiger partial charge in [-0.2, -0.15) is 0 Å². The zero-order chi connectivity index (χ0) is 13.2. The Morgan fingerprint density at radius 3 is 2.94 bits per heavy atom. The number of aliphatic imine (C=N–C) groups is 1. The van der Waals surface area contributed by atoms with Crippen LogP contribution in [0, 0.1) is 0 Å². The molecule has 1 aliphatic rings. The van der Waals surface area contributed by atoms with Crippen LogP contribution in [0.5, 0.6) is 0 Å². The number of piperidine rings is 1. The molecule has 18 heavy (non-hydrogen) atoms. The summed E-state index contributed by atoms with van der Waals surface area (Å²) in [7, 11) is 0. The normalized spacial score (nSPS) is 21.9. The minimum absolute atomic E-state index is 0.712. The van der Waals surface area contributed by atoms with Gasteiger partial charge < -0.3 is 10.2 Å². The van der Waals surface area contributed by atoms with Gasteiger partial charge in [0.25, 0.3) is 0 Å². The lowest BCUT2D eigenvalue weighted by atomic mass is 10.0. The van der Waals surface area contributed by atoms with Crippen molar-refractivity contribution in [3.05, 3.63) is 0 Å². The van der Waals surface area contributed by atoms with E-state index in [0.29, 0.717) is 5.96 Å². The molecule has 5 nitrogen and oxygen atoms in total. The number of nitrogens with zero attached hydrogens (tertiary/aromatic N) is 2. The van der Waals surface area contributed by atoms with Crippen molar-refractivity contribution in [2.75, 3.05) is 26.2 Å². The van der Waals surface area contributed by atoms with E-state index in [1.54, 1.807) is 0 Å². The van der Waals surface area contributed by atoms with Gasteiger partial charge in [0.1, 0.15) is 0 Å². The maximum atomic E-state index is 5.41. The van der Waals surface area contributed by atoms with Crippen LogP contribution in [-0.2, 0) is 0 Å². The zero-order valence-corrected chi connectivity index (χ0v) is 11.9. The van der Waals surface area contributed by atoms with Crippen LogP contribution in [0.3, 0.4) is 0 Å². The second-order valence-corrected chi connectivity index (χ2v) is 5.04. The molecule has 5 heteroatoms. The Hall–Kier alpha value is -0.810. The summed E-state index contributed by atoms with van der Waals surface area (Å²) in [6.45, 7) is 8.61. The summed E-state index contributed by atoms with van der Waals surface area (Å²) in [4.78, 5) is 6.90. The molecule has 0 aromatic carbocycles. The van der Waals surface area contributed by atoms with Gasteiger partial charge in [-0.15, -0.1) is 0 Å². The zero-order valence-electron chi connectivity index (χ0n) is 11.9. The summed E-state index contributed by atoms with van der Waals surface area (Å²) in [5.74, 6) is 6.12. The Morgan fingerprint density at radius 1 is 1.44 bits per heavy atom. The van der Waals surface area contributed by atoms with Crippen LogP contribution in [0.2, 0.25) is 0 Å². The molecule has 0 aromatic heterocycles. The van der Waals surface area contributed by atoms with Crippen molar-refractivity contribution >= 4 is 5.96 Å². The van der Waals surface area contributed by atoms with Crippen molar-refractivity contribution in [3.8, 4) is 0 Å². The van der Waals surface area contributed by atoms with E-state index in [2.05, 4.69) is 34.5 Å². The molecule has 0 amide bonds. The molecular weight excluding hydrogens is 226 g/mol. The molecule has 1 aliphatic heterocycles. The Kier molecular flexibility index (Phi) is 7.76. The number of hydrogen-bond acceptors (Lipinski definition) is 3. The van der Waals surface area contributed by atoms with E-state index < -0.39 is 0 Å². The molecule has 0 aliphatic carbocycles. The van der Waals surface area contributed by atoms with Crippen LogP contribution in [0.4, 0.5) is 0 Å². The van der Waals surface area contributed by atoms with Crippen LogP contribution in [0.15, 0.2) is 4.99 Å². The van der Waals surface area contributed by atoms with Gasteiger partial charge in [0.2, 0.25) is 5.96 Å². The highest BCUT2D eigenvalue weighted by atomic mass is 15.3. The number of hydrazine groups is 1. The first-order chi connectivity index (χ1) is 8.77. The molecule has 1 rings (SSSR count). The number of nitrogens with two attached hydrogens (primary N) is 1. The second-order valence-electron chi connectivity index (χ2n) is 5.04. The molecule has 0 aromatic rings. The van der Waals surface area contributed by atoms with Gasteiger partial charge in [0, 0.05) is 25.7 Å². The molecule has 0 radical (unpaired) electrons. The van der Waals surface area contributed by atoms with Gasteiger partial charge in [-0.1, -0.05) is 13.3 Å². The SMILES string of the molecule is CCCN=C(NN)NCCCN1CCCCC1C. The first kappa shape index (κ1) is 15.2. The van der Waals surface area contributed by atoms with Crippen molar-refractivity contribution in [1.29, 1.82) is 0 Å². The largest absolute Gasteiger partial charge is 0.355 e. The number of rotatable bonds is 6. The van der Waals surface area contributed by atoms with Crippen LogP contribution in [0.1, 0.15) is 46.0 Å². The van der Waals surface area contributed by atoms with E-state index in [1.165, 1.54) is 32.4 Å². The van der Waals surface area contributed by atoms with Crippen molar-refractivity contribution in [3.63, 3.8) is 0 Å². The lowest BCUT2D eigenvalue weighted by Gasteiger charge is -2.33. The topological polar surface area (TPSA) is 65.7 Å². The van der Waals surface area contributed by atoms with E-state index in [4.69, 9.17) is 5.84 Å². The number of hydrogen-bond donors (Lipinski definition) is 3. The summed E-state index contributed by atoms with van der Waals surface area (Å²) in [6.07, 6.45) is 6.27. The van der Waals surface area contributed by atoms with E-state index in [0.717, 1.165) is 32.0 Å². The van der Waals surface area contributed by atoms with Gasteiger partial charge in [-0.3, -0.25) is 10.4 Å². The van der Waals surface area contributed by atoms with Gasteiger partial charge in [-0.05, 0) is 39.2 Å². The monoisotopic (exact) mass is 255 g/mol. The molecule has 1 unspecified atom stereocenters. The van der Waals surface area contributed by atoms with Gasteiger partial charge >= 0.3 is 0 Å². The number of likely N-dealkylation sites (tertiary alicyclic amines) is 1. The Bertz CT molecular complexity index is 242. The molecule has 4 N–H and O–H groups in total. The summed E-state index contributed by atoms with van der Waals surface area (Å²) >= 11 is 0. The van der Waals surface area contributed by atoms with Crippen LogP contribution >= 0.6 is 0 Å². The predicted molar refractivity (Wildman–Crippen MR) is 77.4 cm³/mol. The van der Waals surface area contributed by atoms with E-state index in [9.17, 15) is 0 Å². The number of guanidine groups is 1. The Morgan fingerprint density at radius 2 is 2.28 bits per heavy atom. The lowest BCUT2D eigenvalue weighted by molar-refractivity contribution is 0.159. The Balaban J connectivity index is 2.13. The molecule has 106 valence electrons. The van der Waals surface area contributed by atoms with Crippen LogP contribution in [-0.4, -0.2) is 43.1 Å². The maximum absolute atomic E-state index is 5.41. The standard InChI is InChI=1S/C13H29N5/c1-3-8-15-13(17-14)16-9-6-11-18-10-5-4-7-12(18)2/h12H,3-11,14H2,1-2H3,(H2,15,16,17). The van der Waals surface area contributed by atoms with Gasteiger partial charge in [0.15, 0.2) is 0 Å². The molecule has 1 atom stereocenters. The van der Waals surface area contributed by atoms with Crippen molar-refractivity contribution in [2.45, 2.75) is 52.0 Å². The quantitative estimate of drug-likeness (QED) is 0.218. The molecule has 0 saturated carbocycles. The summed E-state index contributed by atoms with van der Waals surface area (Å²) < 4.78 is 0. The average molecular weight is 255 g/mol. The Labute approximate surface area is 111 Å². The highest BCUT2D eigenvalue weighted by Crippen LogP contribution is 2.15. The average Bonchev–Trinajstić information content (AvgIpc) is 2.40. The smallest absolute Gasteiger partial charge is 0.205 e. The van der Waals surface area contributed by atoms with Crippen molar-refractivity contribution in [2.24, 2.45) is 10.8 Å². The first-order valence-electron chi connectivity index (χ1n) is 7.27. The fourth-order valence-electron chi connectivity index (χ4n) is 2.35. The van der Waals surface area contributed by atoms with Crippen molar-refractivity contribution in [1.82, 2.24) is 15.6 Å². The third-order valence-electron chi connectivity index (χ3n) is 3.49. The highest BCUT2D eigenvalue weighted by Gasteiger charge is 2.16. The van der Waals surface area contributed by atoms with Gasteiger partial charge in [0.05, 0.1) is 0 Å². The third kappa shape index (κ3) is 5.69. The molecule has 1 heterocycles. The van der Waals surface area contributed by atoms with E-state index in [1.807, 2.05) is 0 Å². The lowest BCUT2D eigenvalue weighted by Crippen LogP contribution is -2.43. The van der Waals surface area contributed by atoms with Crippen LogP contribution in [0.25, 0.3) is 0 Å². The number of nitrogens with one attached hydrogen (secondary N) is 2. The van der Waals surface area contributed by atoms with E-state index >= 15 is 0 Å². The second kappa shape index (κ2) is 9.16. The maximum Gasteiger partial charge on any atom is 0.205 e. The van der Waals surface area contributed by atoms with Crippen molar-refractivity contribution < 1.29 is 0 Å². The minimum atomic E-state index is 0.712. The summed E-state index contributed by atoms with van der Waals surface area (Å²) in [5, 5.41) is 3.25. The molecule has 0 bridgehead atoms. The molecule has 0 spiro atoms. The van der Waals surface area contributed by atoms with E-state index in [-0.39, 0.29) is 0 Å². The van der Waals surface area contributed by atoms with Crippen LogP contribution < -0.4 is 16.6 Å². The fourth-order valence-corrected chi connectivity index (χ4v) is 2.35. The first-order valence-corrected chi connectivity index (χ1v) is 7.27. The summed E-state index contributed by atoms with van der Waals surface area (Å²) in [5.41, 5.74) is 2.61. The molecular formula is C13H29N5. The van der Waals surface area contributed by atoms with Gasteiger partial charge in [-0.25, -0.2) is 5.84 Å². The predicted octanol–water partition coefficient (Wildman–Crippen LogP) is 1.07. The summed E-state index contributed by atoms with van der Waals surface area (Å²) in [6, 6.07) is 0.750. The highest BCUT2D eigenvalue weighted by molar-refractivity contribution is 5.79. The fraction of sp³-hybridized carbons (Fsp3) is 0.923. The third-order valence-corrected chi connectivity index (χ3v) is 3.49.